The van der Waals surface area contributed by atoms with Gasteiger partial charge in [0.2, 0.25) is 0 Å². The number of carbonyl (C=O) groups excluding carboxylic acids is 2. The van der Waals surface area contributed by atoms with Crippen LogP contribution in [0, 0.1) is 0 Å². The number of esters is 1. The molecule has 0 radical (unpaired) electrons. The highest BCUT2D eigenvalue weighted by Gasteiger charge is 2.28. The summed E-state index contributed by atoms with van der Waals surface area (Å²) in [6.07, 6.45) is -0.599. The van der Waals surface area contributed by atoms with Gasteiger partial charge in [-0.05, 0) is 13.8 Å². The Kier molecular flexibility index (Phi) is 5.93. The smallest absolute Gasteiger partial charge is 0.325 e. The number of ether oxygens (including phenoxy) is 3. The molecule has 0 aromatic rings. The molecule has 98 valence electrons. The molecule has 17 heavy (non-hydrogen) atoms. The van der Waals surface area contributed by atoms with Crippen LogP contribution in [-0.4, -0.2) is 62.4 Å². The number of amides is 1. The second kappa shape index (κ2) is 7.24. The summed E-state index contributed by atoms with van der Waals surface area (Å²) in [5.41, 5.74) is 0. The van der Waals surface area contributed by atoms with Crippen LogP contribution in [0.4, 0.5) is 0 Å². The topological polar surface area (TPSA) is 65.1 Å². The van der Waals surface area contributed by atoms with Gasteiger partial charge in [0, 0.05) is 6.54 Å². The first kappa shape index (κ1) is 13.9. The van der Waals surface area contributed by atoms with E-state index < -0.39 is 12.1 Å². The zero-order chi connectivity index (χ0) is 12.7. The highest BCUT2D eigenvalue weighted by Crippen LogP contribution is 2.05. The molecule has 0 saturated carbocycles. The monoisotopic (exact) mass is 245 g/mol. The third-order valence-electron chi connectivity index (χ3n) is 2.41. The Morgan fingerprint density at radius 1 is 1.35 bits per heavy atom. The number of nitrogens with zero attached hydrogens (tertiary/aromatic N) is 1. The van der Waals surface area contributed by atoms with Crippen LogP contribution in [0.2, 0.25) is 0 Å². The van der Waals surface area contributed by atoms with Crippen LogP contribution in [0.3, 0.4) is 0 Å². The molecule has 1 unspecified atom stereocenters. The van der Waals surface area contributed by atoms with E-state index in [9.17, 15) is 9.59 Å². The van der Waals surface area contributed by atoms with E-state index in [1.807, 2.05) is 0 Å². The molecule has 1 saturated heterocycles. The van der Waals surface area contributed by atoms with Gasteiger partial charge in [-0.15, -0.1) is 0 Å². The van der Waals surface area contributed by atoms with E-state index in [1.165, 1.54) is 4.90 Å². The molecule has 0 aromatic carbocycles. The molecule has 0 bridgehead atoms. The lowest BCUT2D eigenvalue weighted by Gasteiger charge is -2.27. The fourth-order valence-corrected chi connectivity index (χ4v) is 1.54. The third kappa shape index (κ3) is 4.32. The minimum atomic E-state index is -0.599. The molecule has 0 aliphatic carbocycles. The molecule has 0 spiro atoms. The molecule has 0 aromatic heterocycles. The van der Waals surface area contributed by atoms with Gasteiger partial charge in [-0.3, -0.25) is 9.59 Å². The lowest BCUT2D eigenvalue weighted by atomic mass is 10.3. The summed E-state index contributed by atoms with van der Waals surface area (Å²) in [5, 5.41) is 0. The second-order valence-corrected chi connectivity index (χ2v) is 3.59. The van der Waals surface area contributed by atoms with Crippen molar-refractivity contribution in [2.75, 3.05) is 39.5 Å². The fraction of sp³-hybridized carbons (Fsp3) is 0.818. The molecule has 1 aliphatic heterocycles. The van der Waals surface area contributed by atoms with Crippen LogP contribution in [0.5, 0.6) is 0 Å². The Bertz CT molecular complexity index is 263. The first-order chi connectivity index (χ1) is 8.19. The van der Waals surface area contributed by atoms with Crippen molar-refractivity contribution < 1.29 is 23.8 Å². The molecule has 1 aliphatic rings. The van der Waals surface area contributed by atoms with Gasteiger partial charge in [-0.1, -0.05) is 0 Å². The highest BCUT2D eigenvalue weighted by atomic mass is 16.6. The van der Waals surface area contributed by atoms with Crippen molar-refractivity contribution in [1.29, 1.82) is 0 Å². The van der Waals surface area contributed by atoms with Gasteiger partial charge in [0.25, 0.3) is 5.91 Å². The van der Waals surface area contributed by atoms with Crippen molar-refractivity contribution in [2.24, 2.45) is 0 Å². The standard InChI is InChI=1S/C11H19NO5/c1-3-12(7-10(13)16-4-2)11(14)9-8-15-5-6-17-9/h9H,3-8H2,1-2H3. The average molecular weight is 245 g/mol. The maximum Gasteiger partial charge on any atom is 0.325 e. The SMILES string of the molecule is CCOC(=O)CN(CC)C(=O)C1COCCO1. The van der Waals surface area contributed by atoms with E-state index in [2.05, 4.69) is 0 Å². The molecule has 1 heterocycles. The van der Waals surface area contributed by atoms with Crippen LogP contribution in [0.25, 0.3) is 0 Å². The van der Waals surface area contributed by atoms with Crippen LogP contribution in [-0.2, 0) is 23.8 Å². The summed E-state index contributed by atoms with van der Waals surface area (Å²) in [7, 11) is 0. The molecule has 1 atom stereocenters. The highest BCUT2D eigenvalue weighted by molar-refractivity contribution is 5.85. The number of hydrogen-bond donors (Lipinski definition) is 0. The summed E-state index contributed by atoms with van der Waals surface area (Å²) in [6.45, 7) is 5.42. The number of carbonyl (C=O) groups is 2. The summed E-state index contributed by atoms with van der Waals surface area (Å²) >= 11 is 0. The Balaban J connectivity index is 2.47. The maximum absolute atomic E-state index is 12.0. The van der Waals surface area contributed by atoms with Crippen molar-refractivity contribution in [3.63, 3.8) is 0 Å². The van der Waals surface area contributed by atoms with E-state index in [0.717, 1.165) is 0 Å². The van der Waals surface area contributed by atoms with Gasteiger partial charge in [0.1, 0.15) is 6.54 Å². The summed E-state index contributed by atoms with van der Waals surface area (Å²) < 4.78 is 15.3. The van der Waals surface area contributed by atoms with Crippen LogP contribution < -0.4 is 0 Å². The summed E-state index contributed by atoms with van der Waals surface area (Å²) in [5.74, 6) is -0.625. The number of hydrogen-bond acceptors (Lipinski definition) is 5. The zero-order valence-corrected chi connectivity index (χ0v) is 10.3. The third-order valence-corrected chi connectivity index (χ3v) is 2.41. The molecule has 1 fully saturated rings. The van der Waals surface area contributed by atoms with Gasteiger partial charge >= 0.3 is 5.97 Å². The first-order valence-electron chi connectivity index (χ1n) is 5.82. The summed E-state index contributed by atoms with van der Waals surface area (Å²) in [4.78, 5) is 24.7. The first-order valence-corrected chi connectivity index (χ1v) is 5.82. The van der Waals surface area contributed by atoms with Gasteiger partial charge in [-0.2, -0.15) is 0 Å². The zero-order valence-electron chi connectivity index (χ0n) is 10.3. The van der Waals surface area contributed by atoms with Crippen molar-refractivity contribution in [1.82, 2.24) is 4.90 Å². The number of likely N-dealkylation sites (N-methyl/N-ethyl adjacent to an activating group) is 1. The van der Waals surface area contributed by atoms with E-state index in [-0.39, 0.29) is 19.1 Å². The van der Waals surface area contributed by atoms with Gasteiger partial charge < -0.3 is 19.1 Å². The molecule has 6 nitrogen and oxygen atoms in total. The lowest BCUT2D eigenvalue weighted by Crippen LogP contribution is -2.47. The Labute approximate surface area is 101 Å². The minimum Gasteiger partial charge on any atom is -0.465 e. The van der Waals surface area contributed by atoms with Gasteiger partial charge in [-0.25, -0.2) is 0 Å². The fourth-order valence-electron chi connectivity index (χ4n) is 1.54. The van der Waals surface area contributed by atoms with Crippen LogP contribution in [0.15, 0.2) is 0 Å². The Morgan fingerprint density at radius 3 is 2.65 bits per heavy atom. The Morgan fingerprint density at radius 2 is 2.12 bits per heavy atom. The molecule has 1 amide bonds. The van der Waals surface area contributed by atoms with Crippen molar-refractivity contribution >= 4 is 11.9 Å². The quantitative estimate of drug-likeness (QED) is 0.628. The predicted octanol–water partition coefficient (Wildman–Crippen LogP) is -0.187. The molecular formula is C11H19NO5. The van der Waals surface area contributed by atoms with Crippen LogP contribution in [0.1, 0.15) is 13.8 Å². The van der Waals surface area contributed by atoms with Crippen molar-refractivity contribution in [2.45, 2.75) is 20.0 Å². The van der Waals surface area contributed by atoms with Gasteiger partial charge in [0.15, 0.2) is 6.10 Å². The Hall–Kier alpha value is -1.14. The molecule has 1 rings (SSSR count). The van der Waals surface area contributed by atoms with Crippen LogP contribution >= 0.6 is 0 Å². The lowest BCUT2D eigenvalue weighted by molar-refractivity contribution is -0.162. The van der Waals surface area contributed by atoms with E-state index in [4.69, 9.17) is 14.2 Å². The molecule has 6 heteroatoms. The largest absolute Gasteiger partial charge is 0.465 e. The van der Waals surface area contributed by atoms with E-state index in [1.54, 1.807) is 13.8 Å². The van der Waals surface area contributed by atoms with E-state index in [0.29, 0.717) is 26.4 Å². The average Bonchev–Trinajstić information content (AvgIpc) is 2.36. The van der Waals surface area contributed by atoms with E-state index >= 15 is 0 Å². The normalized spacial score (nSPS) is 19.8. The maximum atomic E-state index is 12.0. The van der Waals surface area contributed by atoms with Crippen molar-refractivity contribution in [3.8, 4) is 0 Å². The van der Waals surface area contributed by atoms with Crippen molar-refractivity contribution in [3.05, 3.63) is 0 Å². The summed E-state index contributed by atoms with van der Waals surface area (Å²) in [6, 6.07) is 0. The second-order valence-electron chi connectivity index (χ2n) is 3.59. The number of rotatable bonds is 5. The minimum absolute atomic E-state index is 0.0387. The molecular weight excluding hydrogens is 226 g/mol. The molecule has 0 N–H and O–H groups in total. The van der Waals surface area contributed by atoms with Gasteiger partial charge in [0.05, 0.1) is 26.4 Å². The predicted molar refractivity (Wildman–Crippen MR) is 59.4 cm³/mol.